The summed E-state index contributed by atoms with van der Waals surface area (Å²) in [4.78, 5) is 18.1. The first-order valence-electron chi connectivity index (χ1n) is 8.84. The maximum absolute atomic E-state index is 12.6. The van der Waals surface area contributed by atoms with Gasteiger partial charge in [0.15, 0.2) is 0 Å². The lowest BCUT2D eigenvalue weighted by Crippen LogP contribution is -2.35. The molecule has 0 N–H and O–H groups in total. The molecule has 2 heterocycles. The Balaban J connectivity index is 1.70. The molecule has 2 aromatic rings. The molecule has 1 aromatic carbocycles. The summed E-state index contributed by atoms with van der Waals surface area (Å²) in [5.41, 5.74) is 1.76. The van der Waals surface area contributed by atoms with Crippen LogP contribution in [0.1, 0.15) is 17.5 Å². The van der Waals surface area contributed by atoms with Crippen LogP contribution in [0.4, 0.5) is 4.79 Å². The number of hydrogen-bond acceptors (Lipinski definition) is 6. The molecule has 1 fully saturated rings. The van der Waals surface area contributed by atoms with Crippen molar-refractivity contribution in [2.45, 2.75) is 25.2 Å². The highest BCUT2D eigenvalue weighted by atomic mass is 32.2. The molecule has 0 bridgehead atoms. The summed E-state index contributed by atoms with van der Waals surface area (Å²) in [5.74, 6) is 0. The second kappa shape index (κ2) is 8.99. The molecular weight excluding hydrogens is 380 g/mol. The molecule has 0 unspecified atom stereocenters. The maximum atomic E-state index is 12.6. The Labute approximate surface area is 164 Å². The van der Waals surface area contributed by atoms with Gasteiger partial charge in [-0.05, 0) is 17.2 Å². The van der Waals surface area contributed by atoms with Crippen LogP contribution < -0.4 is 0 Å². The van der Waals surface area contributed by atoms with E-state index in [9.17, 15) is 13.2 Å². The zero-order valence-corrected chi connectivity index (χ0v) is 16.3. The first-order valence-corrected chi connectivity index (χ1v) is 10.7. The Kier molecular flexibility index (Phi) is 6.43. The third kappa shape index (κ3) is 5.90. The van der Waals surface area contributed by atoms with E-state index in [-0.39, 0.29) is 19.2 Å². The molecule has 0 radical (unpaired) electrons. The summed E-state index contributed by atoms with van der Waals surface area (Å²) >= 11 is 0. The SMILES string of the molecule is CS(=O)(=O)O[C@@H]1C[C@@H](C=Cc2cccnc2)N(C(=O)OCc2ccccc2)C1. The van der Waals surface area contributed by atoms with Gasteiger partial charge in [-0.1, -0.05) is 48.6 Å². The number of ether oxygens (including phenoxy) is 1. The van der Waals surface area contributed by atoms with Gasteiger partial charge < -0.3 is 4.74 Å². The second-order valence-electron chi connectivity index (χ2n) is 6.56. The number of benzene rings is 1. The molecule has 1 aromatic heterocycles. The van der Waals surface area contributed by atoms with Gasteiger partial charge in [0.05, 0.1) is 24.9 Å². The van der Waals surface area contributed by atoms with Crippen molar-refractivity contribution in [2.24, 2.45) is 0 Å². The van der Waals surface area contributed by atoms with E-state index in [1.54, 1.807) is 12.4 Å². The smallest absolute Gasteiger partial charge is 0.410 e. The van der Waals surface area contributed by atoms with Gasteiger partial charge in [-0.2, -0.15) is 8.42 Å². The third-order valence-corrected chi connectivity index (χ3v) is 4.87. The molecule has 7 nitrogen and oxygen atoms in total. The van der Waals surface area contributed by atoms with E-state index in [1.165, 1.54) is 4.90 Å². The van der Waals surface area contributed by atoms with Crippen molar-refractivity contribution >= 4 is 22.3 Å². The van der Waals surface area contributed by atoms with Gasteiger partial charge in [0.1, 0.15) is 6.61 Å². The predicted molar refractivity (Wildman–Crippen MR) is 105 cm³/mol. The van der Waals surface area contributed by atoms with Crippen LogP contribution >= 0.6 is 0 Å². The fraction of sp³-hybridized carbons (Fsp3) is 0.300. The minimum absolute atomic E-state index is 0.142. The van der Waals surface area contributed by atoms with Crippen molar-refractivity contribution in [1.29, 1.82) is 0 Å². The van der Waals surface area contributed by atoms with Crippen LogP contribution in [0.2, 0.25) is 0 Å². The number of aromatic nitrogens is 1. The summed E-state index contributed by atoms with van der Waals surface area (Å²) in [6.07, 6.45) is 7.31. The fourth-order valence-electron chi connectivity index (χ4n) is 3.03. The Morgan fingerprint density at radius 3 is 2.71 bits per heavy atom. The second-order valence-corrected chi connectivity index (χ2v) is 8.16. The van der Waals surface area contributed by atoms with Crippen LogP contribution in [-0.4, -0.2) is 49.3 Å². The fourth-order valence-corrected chi connectivity index (χ4v) is 3.67. The standard InChI is InChI=1S/C20H22N2O5S/c1-28(24,25)27-19-12-18(10-9-16-8-5-11-21-13-16)22(14-19)20(23)26-15-17-6-3-2-4-7-17/h2-11,13,18-19H,12,14-15H2,1H3/t18-,19-/m1/s1. The van der Waals surface area contributed by atoms with Gasteiger partial charge in [0, 0.05) is 18.8 Å². The molecule has 3 rings (SSSR count). The van der Waals surface area contributed by atoms with E-state index in [0.29, 0.717) is 6.42 Å². The van der Waals surface area contributed by atoms with E-state index in [2.05, 4.69) is 4.98 Å². The molecule has 1 amide bonds. The Morgan fingerprint density at radius 1 is 1.25 bits per heavy atom. The molecule has 148 valence electrons. The highest BCUT2D eigenvalue weighted by Crippen LogP contribution is 2.24. The minimum atomic E-state index is -3.62. The average molecular weight is 402 g/mol. The molecule has 2 atom stereocenters. The molecule has 8 heteroatoms. The van der Waals surface area contributed by atoms with Crippen molar-refractivity contribution in [1.82, 2.24) is 9.88 Å². The molecule has 0 saturated carbocycles. The molecule has 0 spiro atoms. The van der Waals surface area contributed by atoms with Gasteiger partial charge in [0.25, 0.3) is 10.1 Å². The quantitative estimate of drug-likeness (QED) is 0.691. The van der Waals surface area contributed by atoms with Crippen LogP contribution in [0.5, 0.6) is 0 Å². The van der Waals surface area contributed by atoms with Crippen LogP contribution in [-0.2, 0) is 25.6 Å². The number of likely N-dealkylation sites (tertiary alicyclic amines) is 1. The van der Waals surface area contributed by atoms with Crippen LogP contribution in [0, 0.1) is 0 Å². The van der Waals surface area contributed by atoms with Gasteiger partial charge in [-0.25, -0.2) is 4.79 Å². The number of rotatable bonds is 6. The summed E-state index contributed by atoms with van der Waals surface area (Å²) in [5, 5.41) is 0. The lowest BCUT2D eigenvalue weighted by Gasteiger charge is -2.21. The number of amides is 1. The highest BCUT2D eigenvalue weighted by molar-refractivity contribution is 7.86. The van der Waals surface area contributed by atoms with Gasteiger partial charge in [-0.15, -0.1) is 0 Å². The largest absolute Gasteiger partial charge is 0.445 e. The minimum Gasteiger partial charge on any atom is -0.445 e. The summed E-state index contributed by atoms with van der Waals surface area (Å²) in [7, 11) is -3.62. The van der Waals surface area contributed by atoms with E-state index < -0.39 is 22.3 Å². The molecule has 1 saturated heterocycles. The van der Waals surface area contributed by atoms with Gasteiger partial charge in [0.2, 0.25) is 0 Å². The molecule has 1 aliphatic heterocycles. The molecule has 28 heavy (non-hydrogen) atoms. The van der Waals surface area contributed by atoms with E-state index in [1.807, 2.05) is 54.6 Å². The Bertz CT molecular complexity index is 916. The summed E-state index contributed by atoms with van der Waals surface area (Å²) in [6, 6.07) is 12.7. The van der Waals surface area contributed by atoms with E-state index >= 15 is 0 Å². The third-order valence-electron chi connectivity index (χ3n) is 4.25. The number of nitrogens with zero attached hydrogens (tertiary/aromatic N) is 2. The zero-order chi connectivity index (χ0) is 20.0. The number of carbonyl (C=O) groups is 1. The molecule has 1 aliphatic rings. The van der Waals surface area contributed by atoms with Gasteiger partial charge >= 0.3 is 6.09 Å². The summed E-state index contributed by atoms with van der Waals surface area (Å²) in [6.45, 7) is 0.287. The zero-order valence-electron chi connectivity index (χ0n) is 15.5. The molecular formula is C20H22N2O5S. The van der Waals surface area contributed by atoms with E-state index in [0.717, 1.165) is 17.4 Å². The lowest BCUT2D eigenvalue weighted by atomic mass is 10.1. The number of pyridine rings is 1. The summed E-state index contributed by atoms with van der Waals surface area (Å²) < 4.78 is 33.5. The van der Waals surface area contributed by atoms with E-state index in [4.69, 9.17) is 8.92 Å². The highest BCUT2D eigenvalue weighted by Gasteiger charge is 2.37. The average Bonchev–Trinajstić information content (AvgIpc) is 3.07. The van der Waals surface area contributed by atoms with Crippen molar-refractivity contribution in [3.8, 4) is 0 Å². The van der Waals surface area contributed by atoms with Gasteiger partial charge in [-0.3, -0.25) is 14.1 Å². The first kappa shape index (κ1) is 20.0. The van der Waals surface area contributed by atoms with Crippen LogP contribution in [0.3, 0.4) is 0 Å². The van der Waals surface area contributed by atoms with Crippen molar-refractivity contribution in [2.75, 3.05) is 12.8 Å². The van der Waals surface area contributed by atoms with Crippen molar-refractivity contribution < 1.29 is 22.1 Å². The van der Waals surface area contributed by atoms with Crippen molar-refractivity contribution in [3.63, 3.8) is 0 Å². The predicted octanol–water partition coefficient (Wildman–Crippen LogP) is 2.85. The van der Waals surface area contributed by atoms with Crippen LogP contribution in [0.25, 0.3) is 6.08 Å². The normalized spacial score (nSPS) is 19.8. The maximum Gasteiger partial charge on any atom is 0.410 e. The monoisotopic (exact) mass is 402 g/mol. The molecule has 0 aliphatic carbocycles. The Morgan fingerprint density at radius 2 is 2.04 bits per heavy atom. The number of hydrogen-bond donors (Lipinski definition) is 0. The Hall–Kier alpha value is -2.71. The lowest BCUT2D eigenvalue weighted by molar-refractivity contribution is 0.0938. The number of carbonyl (C=O) groups excluding carboxylic acids is 1. The van der Waals surface area contributed by atoms with Crippen molar-refractivity contribution in [3.05, 3.63) is 72.1 Å². The first-order chi connectivity index (χ1) is 13.4. The topological polar surface area (TPSA) is 85.8 Å². The van der Waals surface area contributed by atoms with Crippen LogP contribution in [0.15, 0.2) is 60.9 Å².